The highest BCUT2D eigenvalue weighted by Crippen LogP contribution is 2.41. The van der Waals surface area contributed by atoms with E-state index >= 15 is 0 Å². The number of rotatable bonds is 3. The van der Waals surface area contributed by atoms with Crippen LogP contribution in [0.2, 0.25) is 0 Å². The van der Waals surface area contributed by atoms with Crippen LogP contribution in [-0.2, 0) is 6.42 Å². The van der Waals surface area contributed by atoms with Crippen molar-refractivity contribution in [1.82, 2.24) is 5.32 Å². The van der Waals surface area contributed by atoms with Gasteiger partial charge in [0.15, 0.2) is 0 Å². The number of aliphatic hydroxyl groups excluding tert-OH is 1. The van der Waals surface area contributed by atoms with Crippen LogP contribution in [0.15, 0.2) is 48.5 Å². The van der Waals surface area contributed by atoms with E-state index in [1.165, 1.54) is 17.7 Å². The van der Waals surface area contributed by atoms with Crippen molar-refractivity contribution in [3.8, 4) is 0 Å². The van der Waals surface area contributed by atoms with E-state index in [4.69, 9.17) is 0 Å². The predicted molar refractivity (Wildman–Crippen MR) is 77.1 cm³/mol. The lowest BCUT2D eigenvalue weighted by Crippen LogP contribution is -2.28. The van der Waals surface area contributed by atoms with Crippen LogP contribution >= 0.6 is 0 Å². The second kappa shape index (κ2) is 5.35. The van der Waals surface area contributed by atoms with Crippen molar-refractivity contribution < 1.29 is 9.50 Å². The maximum atomic E-state index is 13.0. The molecule has 0 fully saturated rings. The number of halogens is 1. The first-order valence-corrected chi connectivity index (χ1v) is 6.89. The van der Waals surface area contributed by atoms with Gasteiger partial charge in [-0.15, -0.1) is 0 Å². The van der Waals surface area contributed by atoms with Crippen molar-refractivity contribution in [3.05, 3.63) is 71.0 Å². The molecule has 0 radical (unpaired) electrons. The molecule has 2 aromatic rings. The lowest BCUT2D eigenvalue weighted by Gasteiger charge is -2.20. The fourth-order valence-electron chi connectivity index (χ4n) is 3.16. The Morgan fingerprint density at radius 1 is 1.05 bits per heavy atom. The maximum Gasteiger partial charge on any atom is 0.123 e. The summed E-state index contributed by atoms with van der Waals surface area (Å²) in [6.45, 7) is 0. The van der Waals surface area contributed by atoms with Gasteiger partial charge in [-0.05, 0) is 42.3 Å². The molecule has 0 saturated carbocycles. The molecule has 1 aliphatic rings. The molecule has 1 unspecified atom stereocenters. The van der Waals surface area contributed by atoms with Gasteiger partial charge in [-0.3, -0.25) is 0 Å². The van der Waals surface area contributed by atoms with E-state index in [0.29, 0.717) is 0 Å². The highest BCUT2D eigenvalue weighted by atomic mass is 19.1. The van der Waals surface area contributed by atoms with Gasteiger partial charge in [-0.25, -0.2) is 4.39 Å². The molecule has 3 heteroatoms. The summed E-state index contributed by atoms with van der Waals surface area (Å²) in [4.78, 5) is 0. The highest BCUT2D eigenvalue weighted by Gasteiger charge is 2.38. The molecule has 0 saturated heterocycles. The van der Waals surface area contributed by atoms with Crippen molar-refractivity contribution in [2.45, 2.75) is 24.5 Å². The molecule has 0 bridgehead atoms. The Morgan fingerprint density at radius 3 is 2.35 bits per heavy atom. The second-order valence-electron chi connectivity index (χ2n) is 5.32. The first kappa shape index (κ1) is 13.3. The van der Waals surface area contributed by atoms with E-state index in [-0.39, 0.29) is 17.8 Å². The fourth-order valence-corrected chi connectivity index (χ4v) is 3.16. The molecule has 3 atom stereocenters. The second-order valence-corrected chi connectivity index (χ2v) is 5.32. The maximum absolute atomic E-state index is 13.0. The fraction of sp³-hybridized carbons (Fsp3) is 0.294. The summed E-state index contributed by atoms with van der Waals surface area (Å²) >= 11 is 0. The van der Waals surface area contributed by atoms with E-state index in [9.17, 15) is 9.50 Å². The van der Waals surface area contributed by atoms with E-state index in [1.807, 2.05) is 19.2 Å². The van der Waals surface area contributed by atoms with Crippen molar-refractivity contribution in [2.75, 3.05) is 7.05 Å². The molecule has 1 aliphatic carbocycles. The third-order valence-electron chi connectivity index (χ3n) is 4.16. The minimum atomic E-state index is -0.456. The Bertz CT molecular complexity index is 596. The normalized spacial score (nSPS) is 24.6. The van der Waals surface area contributed by atoms with Crippen molar-refractivity contribution in [3.63, 3.8) is 0 Å². The Balaban J connectivity index is 1.91. The largest absolute Gasteiger partial charge is 0.390 e. The van der Waals surface area contributed by atoms with Crippen molar-refractivity contribution in [1.29, 1.82) is 0 Å². The van der Waals surface area contributed by atoms with Crippen LogP contribution in [0.5, 0.6) is 0 Å². The third kappa shape index (κ3) is 2.23. The number of hydrogen-bond donors (Lipinski definition) is 2. The van der Waals surface area contributed by atoms with Gasteiger partial charge in [0, 0.05) is 5.92 Å². The number of fused-ring (bicyclic) bond motifs is 1. The quantitative estimate of drug-likeness (QED) is 0.899. The predicted octanol–water partition coefficient (Wildman–Crippen LogP) is 2.79. The van der Waals surface area contributed by atoms with Gasteiger partial charge in [0.2, 0.25) is 0 Å². The average molecular weight is 271 g/mol. The van der Waals surface area contributed by atoms with Crippen LogP contribution < -0.4 is 5.32 Å². The number of nitrogens with one attached hydrogen (secondary N) is 1. The summed E-state index contributed by atoms with van der Waals surface area (Å²) in [5, 5.41) is 13.7. The van der Waals surface area contributed by atoms with E-state index in [0.717, 1.165) is 17.5 Å². The lowest BCUT2D eigenvalue weighted by atomic mass is 9.92. The van der Waals surface area contributed by atoms with Crippen LogP contribution in [0.3, 0.4) is 0 Å². The molecule has 0 aromatic heterocycles. The lowest BCUT2D eigenvalue weighted by molar-refractivity contribution is 0.118. The summed E-state index contributed by atoms with van der Waals surface area (Å²) in [5.41, 5.74) is 3.39. The number of hydrogen-bond acceptors (Lipinski definition) is 2. The molecule has 20 heavy (non-hydrogen) atoms. The molecular formula is C17H18FNO. The van der Waals surface area contributed by atoms with Crippen LogP contribution in [0.4, 0.5) is 4.39 Å². The van der Waals surface area contributed by atoms with Gasteiger partial charge in [0.05, 0.1) is 12.1 Å². The summed E-state index contributed by atoms with van der Waals surface area (Å²) in [5.74, 6) is -0.177. The SMILES string of the molecule is CN[C@@H]1c2ccccc2[C@H](Cc2ccc(F)cc2)C1O. The Hall–Kier alpha value is -1.71. The summed E-state index contributed by atoms with van der Waals surface area (Å²) in [6, 6.07) is 14.6. The zero-order valence-corrected chi connectivity index (χ0v) is 11.4. The first-order chi connectivity index (χ1) is 9.70. The molecule has 0 aliphatic heterocycles. The van der Waals surface area contributed by atoms with Gasteiger partial charge in [0.25, 0.3) is 0 Å². The number of aliphatic hydroxyl groups is 1. The van der Waals surface area contributed by atoms with Crippen molar-refractivity contribution >= 4 is 0 Å². The minimum absolute atomic E-state index is 0.0309. The molecule has 0 amide bonds. The smallest absolute Gasteiger partial charge is 0.123 e. The van der Waals surface area contributed by atoms with E-state index in [1.54, 1.807) is 12.1 Å². The van der Waals surface area contributed by atoms with Crippen LogP contribution in [0, 0.1) is 5.82 Å². The van der Waals surface area contributed by atoms with E-state index in [2.05, 4.69) is 17.4 Å². The van der Waals surface area contributed by atoms with Gasteiger partial charge < -0.3 is 10.4 Å². The monoisotopic (exact) mass is 271 g/mol. The third-order valence-corrected chi connectivity index (χ3v) is 4.16. The topological polar surface area (TPSA) is 32.3 Å². The molecule has 0 spiro atoms. The van der Waals surface area contributed by atoms with Crippen molar-refractivity contribution in [2.24, 2.45) is 0 Å². The van der Waals surface area contributed by atoms with Gasteiger partial charge in [-0.2, -0.15) is 0 Å². The molecule has 0 heterocycles. The van der Waals surface area contributed by atoms with E-state index < -0.39 is 6.10 Å². The zero-order chi connectivity index (χ0) is 14.1. The van der Waals surface area contributed by atoms with Crippen LogP contribution in [-0.4, -0.2) is 18.3 Å². The summed E-state index contributed by atoms with van der Waals surface area (Å²) in [7, 11) is 1.87. The molecule has 2 N–H and O–H groups in total. The molecule has 2 aromatic carbocycles. The minimum Gasteiger partial charge on any atom is -0.390 e. The molecular weight excluding hydrogens is 253 g/mol. The summed E-state index contributed by atoms with van der Waals surface area (Å²) < 4.78 is 13.0. The standard InChI is InChI=1S/C17H18FNO/c1-19-16-14-5-3-2-4-13(14)15(17(16)20)10-11-6-8-12(18)9-7-11/h2-9,15-17,19-20H,10H2,1H3/t15-,16+,17?/m0/s1. The average Bonchev–Trinajstić information content (AvgIpc) is 2.74. The molecule has 104 valence electrons. The number of likely N-dealkylation sites (N-methyl/N-ethyl adjacent to an activating group) is 1. The van der Waals surface area contributed by atoms with Crippen LogP contribution in [0.1, 0.15) is 28.7 Å². The Labute approximate surface area is 118 Å². The Kier molecular flexibility index (Phi) is 3.55. The first-order valence-electron chi connectivity index (χ1n) is 6.89. The Morgan fingerprint density at radius 2 is 1.70 bits per heavy atom. The molecule has 3 rings (SSSR count). The van der Waals surface area contributed by atoms with Crippen LogP contribution in [0.25, 0.3) is 0 Å². The number of benzene rings is 2. The molecule has 2 nitrogen and oxygen atoms in total. The van der Waals surface area contributed by atoms with Gasteiger partial charge in [-0.1, -0.05) is 36.4 Å². The zero-order valence-electron chi connectivity index (χ0n) is 11.4. The van der Waals surface area contributed by atoms with Gasteiger partial charge >= 0.3 is 0 Å². The van der Waals surface area contributed by atoms with Gasteiger partial charge in [0.1, 0.15) is 5.82 Å². The summed E-state index contributed by atoms with van der Waals surface area (Å²) in [6.07, 6.45) is 0.263. The highest BCUT2D eigenvalue weighted by molar-refractivity contribution is 5.41.